The third kappa shape index (κ3) is 5.41. The van der Waals surface area contributed by atoms with Gasteiger partial charge in [0, 0.05) is 18.2 Å². The maximum absolute atomic E-state index is 12.6. The molecule has 134 valence electrons. The number of sulfone groups is 1. The number of nitrogens with one attached hydrogen (secondary N) is 2. The van der Waals surface area contributed by atoms with Gasteiger partial charge < -0.3 is 10.6 Å². The molecule has 0 aliphatic rings. The SMILES string of the molecule is CCN[C@H](C)CNC(=O)c1ccccc1CS(=O)(=O)c1ccccc1. The van der Waals surface area contributed by atoms with E-state index in [2.05, 4.69) is 10.6 Å². The Bertz CT molecular complexity index is 804. The van der Waals surface area contributed by atoms with Gasteiger partial charge in [-0.1, -0.05) is 43.3 Å². The van der Waals surface area contributed by atoms with E-state index in [-0.39, 0.29) is 22.6 Å². The summed E-state index contributed by atoms with van der Waals surface area (Å²) < 4.78 is 25.2. The Hall–Kier alpha value is -2.18. The van der Waals surface area contributed by atoms with Gasteiger partial charge in [-0.05, 0) is 37.2 Å². The maximum Gasteiger partial charge on any atom is 0.251 e. The van der Waals surface area contributed by atoms with Crippen LogP contribution in [0, 0.1) is 0 Å². The molecule has 6 heteroatoms. The zero-order valence-corrected chi connectivity index (χ0v) is 15.3. The average Bonchev–Trinajstić information content (AvgIpc) is 2.61. The van der Waals surface area contributed by atoms with Gasteiger partial charge in [-0.25, -0.2) is 8.42 Å². The Balaban J connectivity index is 2.16. The lowest BCUT2D eigenvalue weighted by atomic mass is 10.1. The van der Waals surface area contributed by atoms with E-state index in [9.17, 15) is 13.2 Å². The van der Waals surface area contributed by atoms with Crippen LogP contribution in [0.5, 0.6) is 0 Å². The van der Waals surface area contributed by atoms with E-state index in [1.165, 1.54) is 0 Å². The zero-order valence-electron chi connectivity index (χ0n) is 14.5. The molecule has 0 spiro atoms. The van der Waals surface area contributed by atoms with Crippen molar-refractivity contribution in [1.82, 2.24) is 10.6 Å². The molecule has 5 nitrogen and oxygen atoms in total. The molecule has 0 saturated heterocycles. The van der Waals surface area contributed by atoms with E-state index in [4.69, 9.17) is 0 Å². The fraction of sp³-hybridized carbons (Fsp3) is 0.316. The molecule has 1 atom stereocenters. The molecule has 0 aromatic heterocycles. The van der Waals surface area contributed by atoms with Crippen LogP contribution in [0.2, 0.25) is 0 Å². The number of hydrogen-bond donors (Lipinski definition) is 2. The molecular formula is C19H24N2O3S. The minimum Gasteiger partial charge on any atom is -0.350 e. The highest BCUT2D eigenvalue weighted by Gasteiger charge is 2.19. The van der Waals surface area contributed by atoms with Crippen LogP contribution in [0.1, 0.15) is 29.8 Å². The number of hydrogen-bond acceptors (Lipinski definition) is 4. The Labute approximate surface area is 149 Å². The lowest BCUT2D eigenvalue weighted by Crippen LogP contribution is -2.39. The molecule has 0 radical (unpaired) electrons. The normalized spacial score (nSPS) is 12.6. The quantitative estimate of drug-likeness (QED) is 0.758. The minimum absolute atomic E-state index is 0.147. The molecule has 2 aromatic rings. The first-order chi connectivity index (χ1) is 11.9. The summed E-state index contributed by atoms with van der Waals surface area (Å²) in [6, 6.07) is 15.2. The van der Waals surface area contributed by atoms with Crippen molar-refractivity contribution in [2.24, 2.45) is 0 Å². The maximum atomic E-state index is 12.6. The van der Waals surface area contributed by atoms with Gasteiger partial charge in [-0.2, -0.15) is 0 Å². The summed E-state index contributed by atoms with van der Waals surface area (Å²) in [7, 11) is -3.50. The van der Waals surface area contributed by atoms with E-state index >= 15 is 0 Å². The van der Waals surface area contributed by atoms with Gasteiger partial charge in [0.25, 0.3) is 5.91 Å². The van der Waals surface area contributed by atoms with E-state index in [0.29, 0.717) is 17.7 Å². The van der Waals surface area contributed by atoms with Gasteiger partial charge in [0.15, 0.2) is 9.84 Å². The Morgan fingerprint density at radius 3 is 2.36 bits per heavy atom. The number of amides is 1. The van der Waals surface area contributed by atoms with Crippen LogP contribution in [-0.4, -0.2) is 33.5 Å². The number of likely N-dealkylation sites (N-methyl/N-ethyl adjacent to an activating group) is 1. The highest BCUT2D eigenvalue weighted by molar-refractivity contribution is 7.90. The van der Waals surface area contributed by atoms with Gasteiger partial charge in [0.1, 0.15) is 0 Å². The lowest BCUT2D eigenvalue weighted by Gasteiger charge is -2.15. The summed E-state index contributed by atoms with van der Waals surface area (Å²) in [4.78, 5) is 12.7. The third-order valence-corrected chi connectivity index (χ3v) is 5.51. The largest absolute Gasteiger partial charge is 0.350 e. The van der Waals surface area contributed by atoms with E-state index < -0.39 is 9.84 Å². The number of carbonyl (C=O) groups is 1. The van der Waals surface area contributed by atoms with Crippen LogP contribution in [0.25, 0.3) is 0 Å². The molecule has 2 N–H and O–H groups in total. The van der Waals surface area contributed by atoms with Crippen molar-refractivity contribution in [3.63, 3.8) is 0 Å². The van der Waals surface area contributed by atoms with Gasteiger partial charge >= 0.3 is 0 Å². The second-order valence-electron chi connectivity index (χ2n) is 5.90. The molecule has 0 fully saturated rings. The summed E-state index contributed by atoms with van der Waals surface area (Å²) >= 11 is 0. The Morgan fingerprint density at radius 1 is 1.04 bits per heavy atom. The fourth-order valence-electron chi connectivity index (χ4n) is 2.55. The molecule has 0 aliphatic heterocycles. The third-order valence-electron chi connectivity index (χ3n) is 3.83. The fourth-order valence-corrected chi connectivity index (χ4v) is 3.94. The standard InChI is InChI=1S/C19H24N2O3S/c1-3-20-15(2)13-21-19(22)18-12-8-7-9-16(18)14-25(23,24)17-10-5-4-6-11-17/h4-12,15,20H,3,13-14H2,1-2H3,(H,21,22)/t15-/m1/s1. The molecule has 0 unspecified atom stereocenters. The van der Waals surface area contributed by atoms with Crippen LogP contribution in [0.15, 0.2) is 59.5 Å². The molecule has 0 saturated carbocycles. The second kappa shape index (κ2) is 8.78. The minimum atomic E-state index is -3.50. The van der Waals surface area contributed by atoms with Crippen LogP contribution in [0.4, 0.5) is 0 Å². The topological polar surface area (TPSA) is 75.3 Å². The second-order valence-corrected chi connectivity index (χ2v) is 7.89. The van der Waals surface area contributed by atoms with Gasteiger partial charge in [0.05, 0.1) is 10.6 Å². The van der Waals surface area contributed by atoms with Gasteiger partial charge in [0.2, 0.25) is 0 Å². The molecule has 2 rings (SSSR count). The van der Waals surface area contributed by atoms with Crippen molar-refractivity contribution in [2.75, 3.05) is 13.1 Å². The molecular weight excluding hydrogens is 336 g/mol. The Morgan fingerprint density at radius 2 is 1.68 bits per heavy atom. The van der Waals surface area contributed by atoms with Crippen molar-refractivity contribution < 1.29 is 13.2 Å². The van der Waals surface area contributed by atoms with Crippen LogP contribution in [-0.2, 0) is 15.6 Å². The molecule has 0 aliphatic carbocycles. The predicted octanol–water partition coefficient (Wildman–Crippen LogP) is 2.39. The predicted molar refractivity (Wildman–Crippen MR) is 99.2 cm³/mol. The van der Waals surface area contributed by atoms with Gasteiger partial charge in [-0.15, -0.1) is 0 Å². The number of benzene rings is 2. The average molecular weight is 360 g/mol. The molecule has 1 amide bonds. The number of carbonyl (C=O) groups excluding carboxylic acids is 1. The van der Waals surface area contributed by atoms with Crippen LogP contribution in [0.3, 0.4) is 0 Å². The highest BCUT2D eigenvalue weighted by Crippen LogP contribution is 2.19. The summed E-state index contributed by atoms with van der Waals surface area (Å²) in [5, 5.41) is 6.07. The van der Waals surface area contributed by atoms with Gasteiger partial charge in [-0.3, -0.25) is 4.79 Å². The molecule has 25 heavy (non-hydrogen) atoms. The summed E-state index contributed by atoms with van der Waals surface area (Å²) in [6.45, 7) is 5.28. The van der Waals surface area contributed by atoms with Crippen molar-refractivity contribution in [3.8, 4) is 0 Å². The highest BCUT2D eigenvalue weighted by atomic mass is 32.2. The molecule has 2 aromatic carbocycles. The first-order valence-electron chi connectivity index (χ1n) is 8.31. The Kier molecular flexibility index (Phi) is 6.73. The van der Waals surface area contributed by atoms with E-state index in [0.717, 1.165) is 6.54 Å². The van der Waals surface area contributed by atoms with Crippen LogP contribution >= 0.6 is 0 Å². The molecule has 0 heterocycles. The monoisotopic (exact) mass is 360 g/mol. The van der Waals surface area contributed by atoms with Crippen molar-refractivity contribution in [1.29, 1.82) is 0 Å². The summed E-state index contributed by atoms with van der Waals surface area (Å²) in [5.74, 6) is -0.466. The van der Waals surface area contributed by atoms with E-state index in [1.54, 1.807) is 54.6 Å². The lowest BCUT2D eigenvalue weighted by molar-refractivity contribution is 0.0949. The first-order valence-corrected chi connectivity index (χ1v) is 9.96. The number of rotatable bonds is 8. The molecule has 0 bridgehead atoms. The smallest absolute Gasteiger partial charge is 0.251 e. The zero-order chi connectivity index (χ0) is 18.3. The first kappa shape index (κ1) is 19.1. The van der Waals surface area contributed by atoms with Crippen molar-refractivity contribution in [3.05, 3.63) is 65.7 Å². The van der Waals surface area contributed by atoms with Crippen molar-refractivity contribution in [2.45, 2.75) is 30.5 Å². The summed E-state index contributed by atoms with van der Waals surface area (Å²) in [5.41, 5.74) is 0.894. The van der Waals surface area contributed by atoms with E-state index in [1.807, 2.05) is 13.8 Å². The van der Waals surface area contributed by atoms with Crippen molar-refractivity contribution >= 4 is 15.7 Å². The van der Waals surface area contributed by atoms with Crippen LogP contribution < -0.4 is 10.6 Å². The summed E-state index contributed by atoms with van der Waals surface area (Å²) in [6.07, 6.45) is 0.